The number of benzene rings is 9. The van der Waals surface area contributed by atoms with E-state index in [1.165, 1.54) is 66.4 Å². The Labute approximate surface area is 320 Å². The van der Waals surface area contributed by atoms with Gasteiger partial charge in [-0.25, -0.2) is 0 Å². The van der Waals surface area contributed by atoms with Gasteiger partial charge in [-0.15, -0.1) is 0 Å². The first-order chi connectivity index (χ1) is 27.3. The van der Waals surface area contributed by atoms with E-state index in [1.54, 1.807) is 0 Å². The van der Waals surface area contributed by atoms with Gasteiger partial charge in [0, 0.05) is 39.5 Å². The van der Waals surface area contributed by atoms with E-state index in [9.17, 15) is 0 Å². The molecule has 0 spiro atoms. The maximum absolute atomic E-state index is 7.07. The molecule has 11 rings (SSSR count). The highest BCUT2D eigenvalue weighted by molar-refractivity contribution is 6.19. The zero-order chi connectivity index (χ0) is 36.3. The molecule has 0 fully saturated rings. The maximum Gasteiger partial charge on any atom is 0.143 e. The number of rotatable bonds is 6. The van der Waals surface area contributed by atoms with Crippen LogP contribution in [0.25, 0.3) is 77.2 Å². The van der Waals surface area contributed by atoms with Crippen molar-refractivity contribution in [2.24, 2.45) is 0 Å². The van der Waals surface area contributed by atoms with Crippen LogP contribution in [0.5, 0.6) is 0 Å². The predicted octanol–water partition coefficient (Wildman–Crippen LogP) is 14.8. The largest absolute Gasteiger partial charge is 0.455 e. The first-order valence-electron chi connectivity index (χ1n) is 19.0. The second-order valence-corrected chi connectivity index (χ2v) is 14.5. The van der Waals surface area contributed by atoms with Crippen LogP contribution in [0.1, 0.15) is 11.1 Å². The molecule has 2 nitrogen and oxygen atoms in total. The molecule has 258 valence electrons. The molecular formula is C53H35NO. The van der Waals surface area contributed by atoms with Crippen LogP contribution >= 0.6 is 0 Å². The summed E-state index contributed by atoms with van der Waals surface area (Å²) < 4.78 is 7.07. The minimum Gasteiger partial charge on any atom is -0.455 e. The van der Waals surface area contributed by atoms with Gasteiger partial charge in [-0.2, -0.15) is 0 Å². The average molecular weight is 702 g/mol. The fourth-order valence-electron chi connectivity index (χ4n) is 8.67. The number of hydrogen-bond acceptors (Lipinski definition) is 2. The van der Waals surface area contributed by atoms with Crippen molar-refractivity contribution in [1.29, 1.82) is 0 Å². The summed E-state index contributed by atoms with van der Waals surface area (Å²) in [5.41, 5.74) is 17.6. The molecule has 0 saturated heterocycles. The Kier molecular flexibility index (Phi) is 7.28. The van der Waals surface area contributed by atoms with Crippen molar-refractivity contribution in [3.05, 3.63) is 211 Å². The van der Waals surface area contributed by atoms with Gasteiger partial charge in [0.2, 0.25) is 0 Å². The van der Waals surface area contributed by atoms with E-state index in [1.807, 2.05) is 0 Å². The summed E-state index contributed by atoms with van der Waals surface area (Å²) in [6, 6.07) is 72.1. The highest BCUT2D eigenvalue weighted by Crippen LogP contribution is 2.48. The van der Waals surface area contributed by atoms with Gasteiger partial charge in [0.15, 0.2) is 0 Å². The van der Waals surface area contributed by atoms with Crippen LogP contribution in [-0.4, -0.2) is 0 Å². The molecule has 0 amide bonds. The third-order valence-corrected chi connectivity index (χ3v) is 11.3. The van der Waals surface area contributed by atoms with Crippen LogP contribution in [0, 0.1) is 0 Å². The number of hydrogen-bond donors (Lipinski definition) is 0. The maximum atomic E-state index is 7.07. The molecule has 0 N–H and O–H groups in total. The Morgan fingerprint density at radius 1 is 0.382 bits per heavy atom. The van der Waals surface area contributed by atoms with E-state index in [-0.39, 0.29) is 0 Å². The minimum atomic E-state index is 0.867. The molecule has 0 atom stereocenters. The van der Waals surface area contributed by atoms with E-state index in [0.29, 0.717) is 0 Å². The van der Waals surface area contributed by atoms with Gasteiger partial charge in [0.05, 0.1) is 0 Å². The lowest BCUT2D eigenvalue weighted by Crippen LogP contribution is -2.09. The summed E-state index contributed by atoms with van der Waals surface area (Å²) in [5.74, 6) is 0. The van der Waals surface area contributed by atoms with Crippen LogP contribution in [0.2, 0.25) is 0 Å². The molecule has 55 heavy (non-hydrogen) atoms. The van der Waals surface area contributed by atoms with Crippen LogP contribution in [-0.2, 0) is 6.42 Å². The van der Waals surface area contributed by atoms with E-state index in [0.717, 1.165) is 45.4 Å². The Morgan fingerprint density at radius 3 is 1.65 bits per heavy atom. The number of fused-ring (bicyclic) bond motifs is 7. The standard InChI is InChI=1S/C53H35NO/c1-3-12-35(13-4-1)37-22-26-41(27-23-37)54(42-28-24-38(25-29-42)36-14-5-2-6-15-36)43-30-31-47-50-33-40-17-8-10-19-45(40)52(53(50)55-51(47)34-43)48-21-11-20-46-44-18-9-7-16-39(44)32-49(46)48/h1-31,33-34H,32H2. The van der Waals surface area contributed by atoms with Crippen molar-refractivity contribution >= 4 is 49.8 Å². The van der Waals surface area contributed by atoms with Gasteiger partial charge in [-0.05, 0) is 110 Å². The lowest BCUT2D eigenvalue weighted by atomic mass is 9.90. The fourth-order valence-corrected chi connectivity index (χ4v) is 8.67. The quantitative estimate of drug-likeness (QED) is 0.172. The van der Waals surface area contributed by atoms with Gasteiger partial charge in [0.1, 0.15) is 11.2 Å². The van der Waals surface area contributed by atoms with Crippen molar-refractivity contribution < 1.29 is 4.42 Å². The van der Waals surface area contributed by atoms with Crippen molar-refractivity contribution in [2.45, 2.75) is 6.42 Å². The topological polar surface area (TPSA) is 16.4 Å². The second-order valence-electron chi connectivity index (χ2n) is 14.5. The lowest BCUT2D eigenvalue weighted by Gasteiger charge is -2.26. The smallest absolute Gasteiger partial charge is 0.143 e. The fraction of sp³-hybridized carbons (Fsp3) is 0.0189. The Balaban J connectivity index is 1.09. The first kappa shape index (κ1) is 31.4. The Bertz CT molecular complexity index is 2950. The molecule has 0 saturated carbocycles. The SMILES string of the molecule is c1ccc(-c2ccc(N(c3ccc(-c4ccccc4)cc3)c3ccc4c(c3)oc3c(-c5cccc6c5Cc5ccccc5-6)c5ccccc5cc34)cc2)cc1. The molecule has 0 aliphatic heterocycles. The minimum absolute atomic E-state index is 0.867. The molecule has 0 radical (unpaired) electrons. The molecule has 2 heteroatoms. The molecule has 1 aliphatic carbocycles. The highest BCUT2D eigenvalue weighted by Gasteiger charge is 2.25. The monoisotopic (exact) mass is 701 g/mol. The van der Waals surface area contributed by atoms with Gasteiger partial charge in [0.25, 0.3) is 0 Å². The van der Waals surface area contributed by atoms with Gasteiger partial charge >= 0.3 is 0 Å². The normalized spacial score (nSPS) is 11.9. The summed E-state index contributed by atoms with van der Waals surface area (Å²) in [5, 5.41) is 4.66. The van der Waals surface area contributed by atoms with E-state index < -0.39 is 0 Å². The van der Waals surface area contributed by atoms with Crippen LogP contribution < -0.4 is 4.90 Å². The third-order valence-electron chi connectivity index (χ3n) is 11.3. The van der Waals surface area contributed by atoms with E-state index >= 15 is 0 Å². The van der Waals surface area contributed by atoms with Gasteiger partial charge in [-0.1, -0.05) is 152 Å². The van der Waals surface area contributed by atoms with Crippen molar-refractivity contribution in [2.75, 3.05) is 4.90 Å². The summed E-state index contributed by atoms with van der Waals surface area (Å²) in [7, 11) is 0. The summed E-state index contributed by atoms with van der Waals surface area (Å²) in [6.45, 7) is 0. The van der Waals surface area contributed by atoms with E-state index in [4.69, 9.17) is 4.42 Å². The Morgan fingerprint density at radius 2 is 0.945 bits per heavy atom. The molecule has 10 aromatic rings. The van der Waals surface area contributed by atoms with Crippen LogP contribution in [0.3, 0.4) is 0 Å². The molecule has 1 aliphatic rings. The third kappa shape index (κ3) is 5.26. The molecular weight excluding hydrogens is 667 g/mol. The Hall–Kier alpha value is -7.16. The second kappa shape index (κ2) is 12.8. The average Bonchev–Trinajstić information content (AvgIpc) is 3.82. The molecule has 1 aromatic heterocycles. The highest BCUT2D eigenvalue weighted by atomic mass is 16.3. The predicted molar refractivity (Wildman–Crippen MR) is 230 cm³/mol. The van der Waals surface area contributed by atoms with Crippen LogP contribution in [0.4, 0.5) is 17.1 Å². The molecule has 9 aromatic carbocycles. The lowest BCUT2D eigenvalue weighted by molar-refractivity contribution is 0.670. The molecule has 0 bridgehead atoms. The van der Waals surface area contributed by atoms with Gasteiger partial charge < -0.3 is 9.32 Å². The van der Waals surface area contributed by atoms with Crippen molar-refractivity contribution in [3.8, 4) is 44.5 Å². The molecule has 0 unspecified atom stereocenters. The van der Waals surface area contributed by atoms with Gasteiger partial charge in [-0.3, -0.25) is 0 Å². The summed E-state index contributed by atoms with van der Waals surface area (Å²) in [4.78, 5) is 2.33. The number of anilines is 3. The van der Waals surface area contributed by atoms with Crippen molar-refractivity contribution in [3.63, 3.8) is 0 Å². The number of furan rings is 1. The van der Waals surface area contributed by atoms with Crippen LogP contribution in [0.15, 0.2) is 205 Å². The summed E-state index contributed by atoms with van der Waals surface area (Å²) >= 11 is 0. The number of nitrogens with zero attached hydrogens (tertiary/aromatic N) is 1. The van der Waals surface area contributed by atoms with Crippen molar-refractivity contribution in [1.82, 2.24) is 0 Å². The zero-order valence-electron chi connectivity index (χ0n) is 30.1. The van der Waals surface area contributed by atoms with E-state index in [2.05, 4.69) is 205 Å². The molecule has 1 heterocycles. The zero-order valence-corrected chi connectivity index (χ0v) is 30.1. The first-order valence-corrected chi connectivity index (χ1v) is 19.0. The summed E-state index contributed by atoms with van der Waals surface area (Å²) in [6.07, 6.45) is 0.915.